The molecule has 1 aliphatic heterocycles. The van der Waals surface area contributed by atoms with Crippen molar-refractivity contribution in [1.29, 1.82) is 0 Å². The number of aryl methyl sites for hydroxylation is 1. The van der Waals surface area contributed by atoms with Crippen LogP contribution in [0.5, 0.6) is 0 Å². The van der Waals surface area contributed by atoms with E-state index in [1.54, 1.807) is 31.3 Å². The zero-order valence-electron chi connectivity index (χ0n) is 21.2. The molecule has 202 valence electrons. The summed E-state index contributed by atoms with van der Waals surface area (Å²) in [4.78, 5) is 37.2. The predicted molar refractivity (Wildman–Crippen MR) is 148 cm³/mol. The van der Waals surface area contributed by atoms with Gasteiger partial charge in [0.1, 0.15) is 23.7 Å². The summed E-state index contributed by atoms with van der Waals surface area (Å²) in [5.41, 5.74) is 7.90. The van der Waals surface area contributed by atoms with E-state index in [0.717, 1.165) is 26.2 Å². The molecule has 13 heteroatoms. The van der Waals surface area contributed by atoms with Gasteiger partial charge >= 0.3 is 5.97 Å². The van der Waals surface area contributed by atoms with E-state index < -0.39 is 35.2 Å². The van der Waals surface area contributed by atoms with Gasteiger partial charge in [-0.3, -0.25) is 13.7 Å². The van der Waals surface area contributed by atoms with Crippen LogP contribution in [0.2, 0.25) is 5.02 Å². The maximum atomic E-state index is 13.5. The summed E-state index contributed by atoms with van der Waals surface area (Å²) in [6.07, 6.45) is 3.82. The largest absolute Gasteiger partial charge is 0.480 e. The van der Waals surface area contributed by atoms with Crippen molar-refractivity contribution in [2.24, 2.45) is 0 Å². The van der Waals surface area contributed by atoms with Gasteiger partial charge in [-0.1, -0.05) is 24.6 Å². The minimum absolute atomic E-state index is 0.0717. The number of anilines is 3. The molecule has 1 aromatic carbocycles. The van der Waals surface area contributed by atoms with Crippen LogP contribution in [0.1, 0.15) is 24.5 Å². The monoisotopic (exact) mass is 560 g/mol. The number of aliphatic carboxylic acids is 1. The molecule has 3 aromatic rings. The molecule has 1 saturated heterocycles. The smallest absolute Gasteiger partial charge is 0.326 e. The van der Waals surface area contributed by atoms with Crippen LogP contribution in [-0.2, 0) is 33.7 Å². The summed E-state index contributed by atoms with van der Waals surface area (Å²) in [7, 11) is 3.51. The van der Waals surface area contributed by atoms with Gasteiger partial charge in [0, 0.05) is 38.6 Å². The number of pyridine rings is 2. The molecule has 0 saturated carbocycles. The molecule has 4 rings (SSSR count). The van der Waals surface area contributed by atoms with Crippen LogP contribution in [-0.4, -0.2) is 73.3 Å². The second-order valence-corrected chi connectivity index (χ2v) is 10.5. The first-order valence-electron chi connectivity index (χ1n) is 12.0. The number of carbonyl (C=O) groups is 2. The Morgan fingerprint density at radius 3 is 2.63 bits per heavy atom. The number of benzene rings is 1. The van der Waals surface area contributed by atoms with E-state index in [1.807, 2.05) is 19.1 Å². The molecule has 0 spiro atoms. The molecule has 11 nitrogen and oxygen atoms in total. The second-order valence-electron chi connectivity index (χ2n) is 9.24. The molecule has 0 aliphatic carbocycles. The van der Waals surface area contributed by atoms with Crippen LogP contribution in [0, 0.1) is 0 Å². The van der Waals surface area contributed by atoms with Crippen LogP contribution in [0.4, 0.5) is 17.3 Å². The van der Waals surface area contributed by atoms with Crippen LogP contribution in [0.25, 0.3) is 10.8 Å². The Labute approximate surface area is 227 Å². The number of amides is 1. The van der Waals surface area contributed by atoms with E-state index in [-0.39, 0.29) is 30.1 Å². The molecule has 0 bridgehead atoms. The van der Waals surface area contributed by atoms with Crippen LogP contribution in [0.3, 0.4) is 0 Å². The predicted octanol–water partition coefficient (Wildman–Crippen LogP) is 2.73. The van der Waals surface area contributed by atoms with Gasteiger partial charge < -0.3 is 20.6 Å². The Balaban J connectivity index is 1.64. The van der Waals surface area contributed by atoms with Gasteiger partial charge in [0.25, 0.3) is 11.3 Å². The standard InChI is InChI=1S/C25H29ClN6O5S/c1-4-14-10-18-15(5-7-28-22(18)27)9-16(14)11-21(25(34)35)31-8-6-20(24(31)33)32(38(36)37)17-12-19(26)23(29-13-17)30(2)3/h5,7,9-10,12-13,20-21H,4,6,8,11H2,1-3H3,(H2,27,28)(H,34,35)(H,36,37)/t20-,21+/m0/s1. The Bertz CT molecular complexity index is 1420. The first kappa shape index (κ1) is 27.6. The SMILES string of the molecule is CCc1cc2c(N)nccc2cc1C[C@H](C(=O)O)N1CC[C@H](N(c2cnc(N(C)C)c(Cl)c2)S(=O)O)C1=O. The Kier molecular flexibility index (Phi) is 8.05. The van der Waals surface area contributed by atoms with Crippen molar-refractivity contribution < 1.29 is 23.5 Å². The number of rotatable bonds is 9. The molecule has 3 heterocycles. The van der Waals surface area contributed by atoms with Crippen LogP contribution >= 0.6 is 11.6 Å². The number of carbonyl (C=O) groups excluding carboxylic acids is 1. The number of nitrogens with zero attached hydrogens (tertiary/aromatic N) is 5. The zero-order chi connectivity index (χ0) is 27.7. The first-order chi connectivity index (χ1) is 18.0. The van der Waals surface area contributed by atoms with Crippen molar-refractivity contribution in [2.45, 2.75) is 38.3 Å². The minimum Gasteiger partial charge on any atom is -0.480 e. The van der Waals surface area contributed by atoms with Gasteiger partial charge in [0.2, 0.25) is 5.91 Å². The molecule has 1 amide bonds. The highest BCUT2D eigenvalue weighted by molar-refractivity contribution is 7.80. The molecule has 1 fully saturated rings. The minimum atomic E-state index is -2.58. The lowest BCUT2D eigenvalue weighted by Crippen LogP contribution is -2.48. The van der Waals surface area contributed by atoms with Gasteiger partial charge in [-0.15, -0.1) is 0 Å². The zero-order valence-corrected chi connectivity index (χ0v) is 22.7. The third kappa shape index (κ3) is 5.24. The lowest BCUT2D eigenvalue weighted by atomic mass is 9.94. The van der Waals surface area contributed by atoms with E-state index in [9.17, 15) is 23.5 Å². The number of hydrogen-bond donors (Lipinski definition) is 3. The van der Waals surface area contributed by atoms with Crippen LogP contribution < -0.4 is 14.9 Å². The molecule has 3 atom stereocenters. The average Bonchev–Trinajstić information content (AvgIpc) is 3.22. The average molecular weight is 561 g/mol. The number of fused-ring (bicyclic) bond motifs is 1. The summed E-state index contributed by atoms with van der Waals surface area (Å²) < 4.78 is 23.5. The van der Waals surface area contributed by atoms with E-state index in [0.29, 0.717) is 18.1 Å². The van der Waals surface area contributed by atoms with E-state index >= 15 is 0 Å². The molecule has 4 N–H and O–H groups in total. The molecule has 1 unspecified atom stereocenters. The van der Waals surface area contributed by atoms with Crippen molar-refractivity contribution in [2.75, 3.05) is 35.6 Å². The Morgan fingerprint density at radius 2 is 2.03 bits per heavy atom. The van der Waals surface area contributed by atoms with Gasteiger partial charge in [-0.2, -0.15) is 0 Å². The maximum Gasteiger partial charge on any atom is 0.326 e. The van der Waals surface area contributed by atoms with Gasteiger partial charge in [0.05, 0.1) is 16.9 Å². The third-order valence-electron chi connectivity index (χ3n) is 6.72. The van der Waals surface area contributed by atoms with Crippen molar-refractivity contribution in [3.8, 4) is 0 Å². The highest BCUT2D eigenvalue weighted by Crippen LogP contribution is 2.32. The fourth-order valence-corrected chi connectivity index (χ4v) is 5.88. The highest BCUT2D eigenvalue weighted by Gasteiger charge is 2.43. The molecular formula is C25H29ClN6O5S. The van der Waals surface area contributed by atoms with Crippen molar-refractivity contribution >= 4 is 62.8 Å². The lowest BCUT2D eigenvalue weighted by molar-refractivity contribution is -0.148. The normalized spacial score (nSPS) is 17.0. The molecule has 0 radical (unpaired) electrons. The molecule has 1 aliphatic rings. The van der Waals surface area contributed by atoms with Crippen molar-refractivity contribution in [3.05, 3.63) is 52.8 Å². The molecule has 38 heavy (non-hydrogen) atoms. The summed E-state index contributed by atoms with van der Waals surface area (Å²) in [5, 5.41) is 12.0. The number of carboxylic acid groups (broad SMARTS) is 1. The Hall–Kier alpha value is -3.48. The van der Waals surface area contributed by atoms with Crippen molar-refractivity contribution in [3.63, 3.8) is 0 Å². The van der Waals surface area contributed by atoms with Gasteiger partial charge in [0.15, 0.2) is 0 Å². The number of nitrogen functional groups attached to an aromatic ring is 1. The molecular weight excluding hydrogens is 532 g/mol. The number of halogens is 1. The van der Waals surface area contributed by atoms with E-state index in [4.69, 9.17) is 17.3 Å². The van der Waals surface area contributed by atoms with Gasteiger partial charge in [-0.25, -0.2) is 19.0 Å². The number of aromatic nitrogens is 2. The fraction of sp³-hybridized carbons (Fsp3) is 0.360. The highest BCUT2D eigenvalue weighted by atomic mass is 35.5. The number of likely N-dealkylation sites (tertiary alicyclic amines) is 1. The maximum absolute atomic E-state index is 13.5. The number of hydrogen-bond acceptors (Lipinski definition) is 7. The van der Waals surface area contributed by atoms with Crippen molar-refractivity contribution in [1.82, 2.24) is 14.9 Å². The summed E-state index contributed by atoms with van der Waals surface area (Å²) in [5.74, 6) is -0.863. The third-order valence-corrected chi connectivity index (χ3v) is 7.80. The van der Waals surface area contributed by atoms with E-state index in [1.165, 1.54) is 17.2 Å². The number of nitrogens with two attached hydrogens (primary N) is 1. The fourth-order valence-electron chi connectivity index (χ4n) is 4.86. The van der Waals surface area contributed by atoms with Gasteiger partial charge in [-0.05, 0) is 47.6 Å². The lowest BCUT2D eigenvalue weighted by Gasteiger charge is -2.29. The van der Waals surface area contributed by atoms with Crippen LogP contribution in [0.15, 0.2) is 36.7 Å². The summed E-state index contributed by atoms with van der Waals surface area (Å²) in [6.45, 7) is 2.07. The molecule has 2 aromatic heterocycles. The quantitative estimate of drug-likeness (QED) is 0.335. The Morgan fingerprint density at radius 1 is 1.29 bits per heavy atom. The van der Waals surface area contributed by atoms with E-state index in [2.05, 4.69) is 9.97 Å². The topological polar surface area (TPSA) is 153 Å². The first-order valence-corrected chi connectivity index (χ1v) is 13.4. The summed E-state index contributed by atoms with van der Waals surface area (Å²) in [6, 6.07) is 4.84. The number of carboxylic acids is 1. The second kappa shape index (κ2) is 11.1. The summed E-state index contributed by atoms with van der Waals surface area (Å²) >= 11 is 3.73.